The third-order valence-electron chi connectivity index (χ3n) is 5.80. The molecule has 0 aromatic heterocycles. The molecule has 2 N–H and O–H groups in total. The average Bonchev–Trinajstić information content (AvgIpc) is 3.02. The molecule has 8 heteroatoms. The fourth-order valence-electron chi connectivity index (χ4n) is 4.24. The maximum Gasteiger partial charge on any atom is 0.319 e. The number of rotatable bonds is 5. The molecular formula is C23H28N2O5S. The Bertz CT molecular complexity index is 1040. The van der Waals surface area contributed by atoms with E-state index in [0.29, 0.717) is 43.9 Å². The SMILES string of the molecule is Cc1ccc(NC(=O)N[C@H]2CCO[C@@]3(CCS(=O)(=O)C3)C2)c(OCc2ccccc2)c1. The number of amides is 2. The van der Waals surface area contributed by atoms with Crippen molar-refractivity contribution < 1.29 is 22.7 Å². The van der Waals surface area contributed by atoms with E-state index >= 15 is 0 Å². The second-order valence-electron chi connectivity index (χ2n) is 8.44. The van der Waals surface area contributed by atoms with Crippen LogP contribution in [-0.2, 0) is 21.2 Å². The van der Waals surface area contributed by atoms with Crippen LogP contribution in [0.5, 0.6) is 5.75 Å². The molecule has 2 fully saturated rings. The quantitative estimate of drug-likeness (QED) is 0.737. The predicted molar refractivity (Wildman–Crippen MR) is 119 cm³/mol. The van der Waals surface area contributed by atoms with Crippen LogP contribution in [-0.4, -0.2) is 44.2 Å². The van der Waals surface area contributed by atoms with Gasteiger partial charge in [0.15, 0.2) is 9.84 Å². The Morgan fingerprint density at radius 2 is 2.03 bits per heavy atom. The van der Waals surface area contributed by atoms with Crippen molar-refractivity contribution in [2.45, 2.75) is 44.4 Å². The lowest BCUT2D eigenvalue weighted by molar-refractivity contribution is -0.0685. The first-order chi connectivity index (χ1) is 14.8. The normalized spacial score (nSPS) is 24.6. The predicted octanol–water partition coefficient (Wildman–Crippen LogP) is 3.43. The molecule has 4 rings (SSSR count). The molecule has 166 valence electrons. The van der Waals surface area contributed by atoms with E-state index in [4.69, 9.17) is 9.47 Å². The molecule has 0 radical (unpaired) electrons. The minimum Gasteiger partial charge on any atom is -0.487 e. The third-order valence-corrected chi connectivity index (χ3v) is 7.59. The highest BCUT2D eigenvalue weighted by molar-refractivity contribution is 7.91. The van der Waals surface area contributed by atoms with Gasteiger partial charge in [0.2, 0.25) is 0 Å². The Labute approximate surface area is 183 Å². The molecule has 7 nitrogen and oxygen atoms in total. The Morgan fingerprint density at radius 3 is 2.77 bits per heavy atom. The molecule has 0 bridgehead atoms. The molecule has 0 saturated carbocycles. The Balaban J connectivity index is 1.38. The number of ether oxygens (including phenoxy) is 2. The van der Waals surface area contributed by atoms with Crippen LogP contribution in [0.2, 0.25) is 0 Å². The van der Waals surface area contributed by atoms with Gasteiger partial charge in [0.25, 0.3) is 0 Å². The number of sulfone groups is 1. The second-order valence-corrected chi connectivity index (χ2v) is 10.6. The van der Waals surface area contributed by atoms with Gasteiger partial charge in [-0.05, 0) is 49.4 Å². The van der Waals surface area contributed by atoms with Gasteiger partial charge < -0.3 is 20.1 Å². The highest BCUT2D eigenvalue weighted by Crippen LogP contribution is 2.35. The van der Waals surface area contributed by atoms with E-state index in [1.807, 2.05) is 55.5 Å². The van der Waals surface area contributed by atoms with Crippen molar-refractivity contribution in [3.63, 3.8) is 0 Å². The van der Waals surface area contributed by atoms with Gasteiger partial charge >= 0.3 is 6.03 Å². The van der Waals surface area contributed by atoms with Gasteiger partial charge in [0.05, 0.1) is 22.8 Å². The van der Waals surface area contributed by atoms with Crippen molar-refractivity contribution in [1.82, 2.24) is 5.32 Å². The zero-order valence-electron chi connectivity index (χ0n) is 17.6. The molecule has 2 saturated heterocycles. The number of hydrogen-bond acceptors (Lipinski definition) is 5. The Kier molecular flexibility index (Phi) is 6.20. The number of urea groups is 1. The summed E-state index contributed by atoms with van der Waals surface area (Å²) in [6.07, 6.45) is 1.65. The topological polar surface area (TPSA) is 93.7 Å². The molecular weight excluding hydrogens is 416 g/mol. The second kappa shape index (κ2) is 8.88. The number of carbonyl (C=O) groups excluding carboxylic acids is 1. The Morgan fingerprint density at radius 1 is 1.23 bits per heavy atom. The fourth-order valence-corrected chi connectivity index (χ4v) is 6.22. The summed E-state index contributed by atoms with van der Waals surface area (Å²) >= 11 is 0. The molecule has 0 unspecified atom stereocenters. The van der Waals surface area contributed by atoms with Crippen molar-refractivity contribution >= 4 is 21.6 Å². The van der Waals surface area contributed by atoms with Crippen LogP contribution in [0, 0.1) is 6.92 Å². The average molecular weight is 445 g/mol. The summed E-state index contributed by atoms with van der Waals surface area (Å²) in [5, 5.41) is 5.86. The van der Waals surface area contributed by atoms with Crippen molar-refractivity contribution in [2.24, 2.45) is 0 Å². The van der Waals surface area contributed by atoms with Crippen LogP contribution >= 0.6 is 0 Å². The standard InChI is InChI=1S/C23H28N2O5S/c1-17-7-8-20(21(13-17)29-15-18-5-3-2-4-6-18)25-22(26)24-19-9-11-30-23(14-19)10-12-31(27,28)16-23/h2-8,13,19H,9-12,14-16H2,1H3,(H2,24,25,26)/t19-,23-/m0/s1. The smallest absolute Gasteiger partial charge is 0.319 e. The lowest BCUT2D eigenvalue weighted by atomic mass is 9.90. The number of anilines is 1. The molecule has 2 amide bonds. The maximum absolute atomic E-state index is 12.7. The fraction of sp³-hybridized carbons (Fsp3) is 0.435. The van der Waals surface area contributed by atoms with Crippen LogP contribution in [0.25, 0.3) is 0 Å². The maximum atomic E-state index is 12.7. The van der Waals surface area contributed by atoms with Crippen molar-refractivity contribution in [3.8, 4) is 5.75 Å². The number of carbonyl (C=O) groups is 1. The van der Waals surface area contributed by atoms with Crippen LogP contribution in [0.1, 0.15) is 30.4 Å². The number of nitrogens with one attached hydrogen (secondary N) is 2. The number of aryl methyl sites for hydroxylation is 1. The largest absolute Gasteiger partial charge is 0.487 e. The molecule has 2 aromatic carbocycles. The molecule has 2 atom stereocenters. The highest BCUT2D eigenvalue weighted by Gasteiger charge is 2.46. The first-order valence-electron chi connectivity index (χ1n) is 10.5. The van der Waals surface area contributed by atoms with Crippen LogP contribution in [0.3, 0.4) is 0 Å². The van der Waals surface area contributed by atoms with Gasteiger partial charge in [-0.25, -0.2) is 13.2 Å². The molecule has 1 spiro atoms. The molecule has 0 aliphatic carbocycles. The summed E-state index contributed by atoms with van der Waals surface area (Å²) in [4.78, 5) is 12.7. The summed E-state index contributed by atoms with van der Waals surface area (Å²) in [7, 11) is -3.06. The number of hydrogen-bond donors (Lipinski definition) is 2. The van der Waals surface area contributed by atoms with E-state index in [9.17, 15) is 13.2 Å². The van der Waals surface area contributed by atoms with Gasteiger partial charge in [-0.1, -0.05) is 36.4 Å². The van der Waals surface area contributed by atoms with E-state index < -0.39 is 15.4 Å². The first kappa shape index (κ1) is 21.6. The van der Waals surface area contributed by atoms with Gasteiger partial charge in [0.1, 0.15) is 12.4 Å². The summed E-state index contributed by atoms with van der Waals surface area (Å²) in [6, 6.07) is 15.0. The monoisotopic (exact) mass is 444 g/mol. The summed E-state index contributed by atoms with van der Waals surface area (Å²) < 4.78 is 35.6. The Hall–Kier alpha value is -2.58. The van der Waals surface area contributed by atoms with Gasteiger partial charge in [-0.2, -0.15) is 0 Å². The lowest BCUT2D eigenvalue weighted by Gasteiger charge is -2.37. The molecule has 2 aromatic rings. The molecule has 31 heavy (non-hydrogen) atoms. The zero-order chi connectivity index (χ0) is 21.9. The molecule has 2 aliphatic heterocycles. The number of benzene rings is 2. The van der Waals surface area contributed by atoms with E-state index in [1.54, 1.807) is 0 Å². The van der Waals surface area contributed by atoms with Crippen molar-refractivity contribution in [1.29, 1.82) is 0 Å². The van der Waals surface area contributed by atoms with E-state index in [2.05, 4.69) is 10.6 Å². The third kappa shape index (κ3) is 5.57. The summed E-state index contributed by atoms with van der Waals surface area (Å²) in [6.45, 7) is 2.81. The van der Waals surface area contributed by atoms with Gasteiger partial charge in [-0.15, -0.1) is 0 Å². The molecule has 2 aliphatic rings. The first-order valence-corrected chi connectivity index (χ1v) is 12.3. The highest BCUT2D eigenvalue weighted by atomic mass is 32.2. The lowest BCUT2D eigenvalue weighted by Crippen LogP contribution is -2.50. The van der Waals surface area contributed by atoms with Gasteiger partial charge in [-0.3, -0.25) is 0 Å². The molecule has 2 heterocycles. The van der Waals surface area contributed by atoms with Crippen LogP contribution in [0.4, 0.5) is 10.5 Å². The van der Waals surface area contributed by atoms with Crippen molar-refractivity contribution in [3.05, 3.63) is 59.7 Å². The van der Waals surface area contributed by atoms with Crippen LogP contribution < -0.4 is 15.4 Å². The minimum absolute atomic E-state index is 0.0369. The van der Waals surface area contributed by atoms with Gasteiger partial charge in [0, 0.05) is 12.6 Å². The van der Waals surface area contributed by atoms with E-state index in [0.717, 1.165) is 11.1 Å². The summed E-state index contributed by atoms with van der Waals surface area (Å²) in [5.74, 6) is 0.788. The van der Waals surface area contributed by atoms with Crippen molar-refractivity contribution in [2.75, 3.05) is 23.4 Å². The zero-order valence-corrected chi connectivity index (χ0v) is 18.4. The summed E-state index contributed by atoms with van der Waals surface area (Å²) in [5.41, 5.74) is 1.99. The van der Waals surface area contributed by atoms with E-state index in [-0.39, 0.29) is 23.6 Å². The van der Waals surface area contributed by atoms with Crippen LogP contribution in [0.15, 0.2) is 48.5 Å². The van der Waals surface area contributed by atoms with E-state index in [1.165, 1.54) is 0 Å². The minimum atomic E-state index is -3.06.